The molecule has 0 aromatic rings. The Hall–Kier alpha value is 0.260. The predicted octanol–water partition coefficient (Wildman–Crippen LogP) is 6.22. The monoisotopic (exact) mass is 426 g/mol. The van der Waals surface area contributed by atoms with E-state index in [1.807, 2.05) is 20.8 Å². The van der Waals surface area contributed by atoms with E-state index in [0.717, 1.165) is 44.9 Å². The van der Waals surface area contributed by atoms with Gasteiger partial charge in [0.25, 0.3) is 0 Å². The zero-order valence-electron chi connectivity index (χ0n) is 17.0. The average molecular weight is 426 g/mol. The molecule has 0 saturated carbocycles. The van der Waals surface area contributed by atoms with Crippen molar-refractivity contribution in [2.75, 3.05) is 32.8 Å². The molecule has 1 saturated heterocycles. The minimum atomic E-state index is -3.78. The van der Waals surface area contributed by atoms with Crippen LogP contribution in [0.5, 0.6) is 0 Å². The predicted molar refractivity (Wildman–Crippen MR) is 106 cm³/mol. The summed E-state index contributed by atoms with van der Waals surface area (Å²) in [5, 5.41) is 0. The first-order valence-electron chi connectivity index (χ1n) is 9.98. The SMILES string of the molecule is [CH]CCCC1(CC)COP(=O)(OCP(=O)(OCCCC)OCCCC)OC1. The molecule has 0 atom stereocenters. The summed E-state index contributed by atoms with van der Waals surface area (Å²) in [4.78, 5) is 0. The Morgan fingerprint density at radius 2 is 1.59 bits per heavy atom. The molecule has 0 aromatic heterocycles. The van der Waals surface area contributed by atoms with Gasteiger partial charge in [-0.25, -0.2) is 4.57 Å². The molecule has 0 amide bonds. The Morgan fingerprint density at radius 1 is 1.04 bits per heavy atom. The van der Waals surface area contributed by atoms with Crippen LogP contribution in [-0.2, 0) is 31.7 Å². The molecule has 1 fully saturated rings. The number of hydrogen-bond donors (Lipinski definition) is 0. The smallest absolute Gasteiger partial charge is 0.307 e. The standard InChI is InChI=1S/C18H36O7P2/c1-5-9-12-18(8-4)15-23-27(20,24-16-18)25-17-26(19,21-13-10-6-2)22-14-11-7-3/h1H,5-17H2,2-4H3. The van der Waals surface area contributed by atoms with Crippen LogP contribution in [-0.4, -0.2) is 32.8 Å². The molecule has 7 nitrogen and oxygen atoms in total. The van der Waals surface area contributed by atoms with Gasteiger partial charge in [-0.2, -0.15) is 0 Å². The zero-order chi connectivity index (χ0) is 20.2. The van der Waals surface area contributed by atoms with E-state index in [2.05, 4.69) is 0 Å². The van der Waals surface area contributed by atoms with E-state index >= 15 is 0 Å². The average Bonchev–Trinajstić information content (AvgIpc) is 2.67. The molecular formula is C18H36O7P2. The van der Waals surface area contributed by atoms with E-state index in [-0.39, 0.29) is 18.6 Å². The molecule has 9 heteroatoms. The number of phosphoric acid groups is 1. The van der Waals surface area contributed by atoms with Crippen molar-refractivity contribution in [3.8, 4) is 0 Å². The molecular weight excluding hydrogens is 390 g/mol. The molecule has 160 valence electrons. The molecule has 0 aliphatic carbocycles. The molecule has 0 aromatic carbocycles. The second-order valence-electron chi connectivity index (χ2n) is 6.98. The maximum Gasteiger partial charge on any atom is 0.475 e. The molecule has 27 heavy (non-hydrogen) atoms. The molecule has 2 radical (unpaired) electrons. The van der Waals surface area contributed by atoms with Crippen molar-refractivity contribution >= 4 is 15.4 Å². The van der Waals surface area contributed by atoms with E-state index in [0.29, 0.717) is 19.6 Å². The van der Waals surface area contributed by atoms with Crippen LogP contribution < -0.4 is 0 Å². The lowest BCUT2D eigenvalue weighted by molar-refractivity contribution is -0.0223. The molecule has 0 unspecified atom stereocenters. The van der Waals surface area contributed by atoms with Crippen molar-refractivity contribution < 1.29 is 31.7 Å². The number of rotatable bonds is 15. The van der Waals surface area contributed by atoms with Gasteiger partial charge in [-0.05, 0) is 39.0 Å². The molecule has 1 aliphatic rings. The molecule has 1 rings (SSSR count). The van der Waals surface area contributed by atoms with E-state index in [4.69, 9.17) is 29.5 Å². The molecule has 1 aliphatic heterocycles. The maximum atomic E-state index is 12.9. The fourth-order valence-electron chi connectivity index (χ4n) is 2.54. The largest absolute Gasteiger partial charge is 0.475 e. The Morgan fingerprint density at radius 3 is 2.04 bits per heavy atom. The van der Waals surface area contributed by atoms with Crippen molar-refractivity contribution in [2.45, 2.75) is 72.1 Å². The minimum Gasteiger partial charge on any atom is -0.307 e. The second kappa shape index (κ2) is 12.7. The Bertz CT molecular complexity index is 472. The van der Waals surface area contributed by atoms with E-state index in [1.54, 1.807) is 0 Å². The van der Waals surface area contributed by atoms with Gasteiger partial charge in [0.1, 0.15) is 0 Å². The van der Waals surface area contributed by atoms with E-state index in [1.165, 1.54) is 0 Å². The van der Waals surface area contributed by atoms with Gasteiger partial charge in [-0.15, -0.1) is 0 Å². The summed E-state index contributed by atoms with van der Waals surface area (Å²) < 4.78 is 52.6. The van der Waals surface area contributed by atoms with Crippen molar-refractivity contribution in [1.82, 2.24) is 0 Å². The van der Waals surface area contributed by atoms with Crippen LogP contribution in [0.15, 0.2) is 0 Å². The molecule has 0 N–H and O–H groups in total. The second-order valence-corrected chi connectivity index (χ2v) is 10.6. The first-order chi connectivity index (χ1) is 12.9. The number of phosphoric ester groups is 1. The molecule has 0 bridgehead atoms. The van der Waals surface area contributed by atoms with Gasteiger partial charge in [-0.1, -0.05) is 40.0 Å². The highest BCUT2D eigenvalue weighted by atomic mass is 31.2. The highest BCUT2D eigenvalue weighted by Crippen LogP contribution is 2.60. The van der Waals surface area contributed by atoms with Gasteiger partial charge in [-0.3, -0.25) is 18.1 Å². The fraction of sp³-hybridized carbons (Fsp3) is 0.944. The van der Waals surface area contributed by atoms with Gasteiger partial charge in [0.2, 0.25) is 0 Å². The number of hydrogen-bond acceptors (Lipinski definition) is 7. The first-order valence-corrected chi connectivity index (χ1v) is 13.2. The zero-order valence-corrected chi connectivity index (χ0v) is 18.8. The summed E-state index contributed by atoms with van der Waals surface area (Å²) in [6.45, 7) is 12.8. The highest BCUT2D eigenvalue weighted by molar-refractivity contribution is 7.55. The maximum absolute atomic E-state index is 12.9. The van der Waals surface area contributed by atoms with Gasteiger partial charge >= 0.3 is 15.4 Å². The quantitative estimate of drug-likeness (QED) is 0.227. The first kappa shape index (κ1) is 25.3. The van der Waals surface area contributed by atoms with Crippen LogP contribution in [0, 0.1) is 12.3 Å². The van der Waals surface area contributed by atoms with E-state index in [9.17, 15) is 9.13 Å². The summed E-state index contributed by atoms with van der Waals surface area (Å²) in [5.74, 6) is 0. The number of unbranched alkanes of at least 4 members (excludes halogenated alkanes) is 3. The summed E-state index contributed by atoms with van der Waals surface area (Å²) in [7, 11) is -7.29. The summed E-state index contributed by atoms with van der Waals surface area (Å²) in [6.07, 6.45) is 5.97. The topological polar surface area (TPSA) is 80.3 Å². The third-order valence-corrected chi connectivity index (χ3v) is 7.80. The van der Waals surface area contributed by atoms with Gasteiger partial charge in [0.15, 0.2) is 6.35 Å². The van der Waals surface area contributed by atoms with Crippen molar-refractivity contribution in [1.29, 1.82) is 0 Å². The third-order valence-electron chi connectivity index (χ3n) is 4.66. The Labute approximate surface area is 165 Å². The minimum absolute atomic E-state index is 0.213. The fourth-order valence-corrected chi connectivity index (χ4v) is 5.79. The Balaban J connectivity index is 2.60. The van der Waals surface area contributed by atoms with E-state index < -0.39 is 21.8 Å². The molecule has 1 heterocycles. The lowest BCUT2D eigenvalue weighted by Gasteiger charge is -2.38. The Kier molecular flexibility index (Phi) is 11.9. The summed E-state index contributed by atoms with van der Waals surface area (Å²) >= 11 is 0. The van der Waals surface area contributed by atoms with Crippen molar-refractivity contribution in [2.24, 2.45) is 5.41 Å². The van der Waals surface area contributed by atoms with Gasteiger partial charge in [0.05, 0.1) is 26.4 Å². The lowest BCUT2D eigenvalue weighted by Crippen LogP contribution is -2.35. The van der Waals surface area contributed by atoms with Crippen LogP contribution in [0.2, 0.25) is 0 Å². The van der Waals surface area contributed by atoms with Crippen molar-refractivity contribution in [3.05, 3.63) is 6.92 Å². The summed E-state index contributed by atoms with van der Waals surface area (Å²) in [6, 6.07) is 0. The summed E-state index contributed by atoms with van der Waals surface area (Å²) in [5.41, 5.74) is -0.213. The third kappa shape index (κ3) is 9.08. The normalized spacial score (nSPS) is 26.4. The highest BCUT2D eigenvalue weighted by Gasteiger charge is 2.43. The van der Waals surface area contributed by atoms with Crippen LogP contribution in [0.3, 0.4) is 0 Å². The van der Waals surface area contributed by atoms with Gasteiger partial charge < -0.3 is 9.05 Å². The lowest BCUT2D eigenvalue weighted by atomic mass is 9.82. The van der Waals surface area contributed by atoms with Gasteiger partial charge in [0, 0.05) is 5.41 Å². The van der Waals surface area contributed by atoms with Crippen LogP contribution in [0.25, 0.3) is 0 Å². The van der Waals surface area contributed by atoms with Crippen LogP contribution in [0.4, 0.5) is 0 Å². The van der Waals surface area contributed by atoms with Crippen LogP contribution in [0.1, 0.15) is 72.1 Å². The molecule has 0 spiro atoms. The van der Waals surface area contributed by atoms with Crippen molar-refractivity contribution in [3.63, 3.8) is 0 Å². The van der Waals surface area contributed by atoms with Crippen LogP contribution >= 0.6 is 15.4 Å².